The number of rotatable bonds is 8. The summed E-state index contributed by atoms with van der Waals surface area (Å²) in [6.07, 6.45) is 0. The SMILES string of the molecule is CCN(CC)Cc1ccc(CNC(=NC)NCc2ccc(F)cc2)cc1. The smallest absolute Gasteiger partial charge is 0.191 e. The molecule has 2 N–H and O–H groups in total. The van der Waals surface area contributed by atoms with Gasteiger partial charge in [-0.05, 0) is 41.9 Å². The molecule has 0 aromatic heterocycles. The third-order valence-electron chi connectivity index (χ3n) is 4.38. The van der Waals surface area contributed by atoms with E-state index >= 15 is 0 Å². The van der Waals surface area contributed by atoms with Crippen LogP contribution in [0.25, 0.3) is 0 Å². The molecule has 26 heavy (non-hydrogen) atoms. The summed E-state index contributed by atoms with van der Waals surface area (Å²) in [6, 6.07) is 15.1. The van der Waals surface area contributed by atoms with Gasteiger partial charge in [-0.3, -0.25) is 9.89 Å². The lowest BCUT2D eigenvalue weighted by atomic mass is 10.1. The van der Waals surface area contributed by atoms with Gasteiger partial charge >= 0.3 is 0 Å². The summed E-state index contributed by atoms with van der Waals surface area (Å²) >= 11 is 0. The van der Waals surface area contributed by atoms with E-state index in [2.05, 4.69) is 58.6 Å². The molecule has 0 saturated carbocycles. The van der Waals surface area contributed by atoms with Crippen LogP contribution in [-0.4, -0.2) is 31.0 Å². The Balaban J connectivity index is 1.81. The molecule has 2 aromatic carbocycles. The number of nitrogens with one attached hydrogen (secondary N) is 2. The zero-order valence-electron chi connectivity index (χ0n) is 15.9. The van der Waals surface area contributed by atoms with Crippen LogP contribution in [0, 0.1) is 5.82 Å². The summed E-state index contributed by atoms with van der Waals surface area (Å²) < 4.78 is 12.9. The Hall–Kier alpha value is -2.40. The molecule has 0 aliphatic heterocycles. The zero-order valence-corrected chi connectivity index (χ0v) is 15.9. The van der Waals surface area contributed by atoms with Gasteiger partial charge in [0.05, 0.1) is 0 Å². The number of halogens is 1. The summed E-state index contributed by atoms with van der Waals surface area (Å²) in [5.41, 5.74) is 3.55. The minimum atomic E-state index is -0.222. The van der Waals surface area contributed by atoms with E-state index in [1.165, 1.54) is 23.3 Å². The predicted octanol–water partition coefficient (Wildman–Crippen LogP) is 3.53. The first kappa shape index (κ1) is 19.9. The third kappa shape index (κ3) is 6.48. The molecule has 5 heteroatoms. The van der Waals surface area contributed by atoms with Gasteiger partial charge in [-0.2, -0.15) is 0 Å². The molecule has 0 heterocycles. The maximum Gasteiger partial charge on any atom is 0.191 e. The first-order valence-electron chi connectivity index (χ1n) is 9.13. The van der Waals surface area contributed by atoms with Crippen LogP contribution in [0.15, 0.2) is 53.5 Å². The molecule has 0 spiro atoms. The van der Waals surface area contributed by atoms with Crippen molar-refractivity contribution in [1.29, 1.82) is 0 Å². The first-order valence-corrected chi connectivity index (χ1v) is 9.13. The fourth-order valence-electron chi connectivity index (χ4n) is 2.66. The highest BCUT2D eigenvalue weighted by atomic mass is 19.1. The Morgan fingerprint density at radius 3 is 1.77 bits per heavy atom. The van der Waals surface area contributed by atoms with E-state index in [0.29, 0.717) is 13.1 Å². The Kier molecular flexibility index (Phi) is 8.09. The number of hydrogen-bond donors (Lipinski definition) is 2. The number of aliphatic imine (C=N–C) groups is 1. The summed E-state index contributed by atoms with van der Waals surface area (Å²) in [6.45, 7) is 8.80. The van der Waals surface area contributed by atoms with Crippen molar-refractivity contribution in [2.45, 2.75) is 33.5 Å². The van der Waals surface area contributed by atoms with E-state index in [9.17, 15) is 4.39 Å². The highest BCUT2D eigenvalue weighted by Crippen LogP contribution is 2.07. The van der Waals surface area contributed by atoms with Gasteiger partial charge in [0.25, 0.3) is 0 Å². The van der Waals surface area contributed by atoms with Gasteiger partial charge in [0.2, 0.25) is 0 Å². The molecule has 4 nitrogen and oxygen atoms in total. The Morgan fingerprint density at radius 2 is 1.31 bits per heavy atom. The van der Waals surface area contributed by atoms with Crippen LogP contribution in [0.2, 0.25) is 0 Å². The third-order valence-corrected chi connectivity index (χ3v) is 4.38. The standard InChI is InChI=1S/C21H29FN4/c1-4-26(5-2)16-19-8-6-17(7-9-19)14-24-21(23-3)25-15-18-10-12-20(22)13-11-18/h6-13H,4-5,14-16H2,1-3H3,(H2,23,24,25). The van der Waals surface area contributed by atoms with Crippen molar-refractivity contribution in [1.82, 2.24) is 15.5 Å². The molecule has 0 radical (unpaired) electrons. The maximum absolute atomic E-state index is 12.9. The van der Waals surface area contributed by atoms with Crippen molar-refractivity contribution >= 4 is 5.96 Å². The van der Waals surface area contributed by atoms with Crippen LogP contribution in [0.1, 0.15) is 30.5 Å². The molecule has 0 saturated heterocycles. The molecule has 2 aromatic rings. The van der Waals surface area contributed by atoms with Crippen molar-refractivity contribution in [2.24, 2.45) is 4.99 Å². The predicted molar refractivity (Wildman–Crippen MR) is 107 cm³/mol. The molecule has 0 aliphatic carbocycles. The summed E-state index contributed by atoms with van der Waals surface area (Å²) in [5.74, 6) is 0.502. The van der Waals surface area contributed by atoms with E-state index in [4.69, 9.17) is 0 Å². The minimum absolute atomic E-state index is 0.222. The van der Waals surface area contributed by atoms with E-state index in [0.717, 1.165) is 31.2 Å². The normalized spacial score (nSPS) is 11.7. The van der Waals surface area contributed by atoms with Crippen molar-refractivity contribution in [3.8, 4) is 0 Å². The van der Waals surface area contributed by atoms with Crippen molar-refractivity contribution in [3.05, 3.63) is 71.0 Å². The van der Waals surface area contributed by atoms with Gasteiger partial charge in [-0.15, -0.1) is 0 Å². The second-order valence-electron chi connectivity index (χ2n) is 6.18. The van der Waals surface area contributed by atoms with E-state index in [1.54, 1.807) is 19.2 Å². The number of hydrogen-bond acceptors (Lipinski definition) is 2. The fourth-order valence-corrected chi connectivity index (χ4v) is 2.66. The van der Waals surface area contributed by atoms with Crippen LogP contribution < -0.4 is 10.6 Å². The second kappa shape index (κ2) is 10.6. The van der Waals surface area contributed by atoms with E-state index in [-0.39, 0.29) is 5.82 Å². The Morgan fingerprint density at radius 1 is 0.846 bits per heavy atom. The maximum atomic E-state index is 12.9. The number of nitrogens with zero attached hydrogens (tertiary/aromatic N) is 2. The van der Waals surface area contributed by atoms with Gasteiger partial charge < -0.3 is 10.6 Å². The quantitative estimate of drug-likeness (QED) is 0.561. The molecular weight excluding hydrogens is 327 g/mol. The van der Waals surface area contributed by atoms with Crippen molar-refractivity contribution in [2.75, 3.05) is 20.1 Å². The van der Waals surface area contributed by atoms with E-state index in [1.807, 2.05) is 0 Å². The lowest BCUT2D eigenvalue weighted by molar-refractivity contribution is 0.296. The fraction of sp³-hybridized carbons (Fsp3) is 0.381. The molecule has 0 aliphatic rings. The molecule has 0 amide bonds. The first-order chi connectivity index (χ1) is 12.6. The van der Waals surface area contributed by atoms with Crippen molar-refractivity contribution in [3.63, 3.8) is 0 Å². The van der Waals surface area contributed by atoms with Crippen LogP contribution in [0.3, 0.4) is 0 Å². The zero-order chi connectivity index (χ0) is 18.8. The van der Waals surface area contributed by atoms with Crippen molar-refractivity contribution < 1.29 is 4.39 Å². The molecule has 0 atom stereocenters. The Labute approximate surface area is 156 Å². The van der Waals surface area contributed by atoms with Crippen LogP contribution >= 0.6 is 0 Å². The molecule has 140 valence electrons. The molecular formula is C21H29FN4. The largest absolute Gasteiger partial charge is 0.352 e. The van der Waals surface area contributed by atoms with Gasteiger partial charge in [0, 0.05) is 26.7 Å². The highest BCUT2D eigenvalue weighted by Gasteiger charge is 2.03. The minimum Gasteiger partial charge on any atom is -0.352 e. The van der Waals surface area contributed by atoms with Crippen LogP contribution in [0.4, 0.5) is 4.39 Å². The van der Waals surface area contributed by atoms with Gasteiger partial charge in [0.15, 0.2) is 5.96 Å². The summed E-state index contributed by atoms with van der Waals surface area (Å²) in [7, 11) is 1.74. The molecule has 0 fully saturated rings. The van der Waals surface area contributed by atoms with Crippen LogP contribution in [0.5, 0.6) is 0 Å². The molecule has 0 unspecified atom stereocenters. The number of guanidine groups is 1. The average molecular weight is 356 g/mol. The monoisotopic (exact) mass is 356 g/mol. The average Bonchev–Trinajstić information content (AvgIpc) is 2.68. The van der Waals surface area contributed by atoms with E-state index < -0.39 is 0 Å². The highest BCUT2D eigenvalue weighted by molar-refractivity contribution is 5.79. The molecule has 2 rings (SSSR count). The van der Waals surface area contributed by atoms with Gasteiger partial charge in [0.1, 0.15) is 5.82 Å². The lowest BCUT2D eigenvalue weighted by Gasteiger charge is -2.18. The second-order valence-corrected chi connectivity index (χ2v) is 6.18. The van der Waals surface area contributed by atoms with Gasteiger partial charge in [-0.1, -0.05) is 50.2 Å². The summed E-state index contributed by atoms with van der Waals surface area (Å²) in [5, 5.41) is 6.54. The number of benzene rings is 2. The molecule has 0 bridgehead atoms. The lowest BCUT2D eigenvalue weighted by Crippen LogP contribution is -2.36. The topological polar surface area (TPSA) is 39.7 Å². The van der Waals surface area contributed by atoms with Crippen LogP contribution in [-0.2, 0) is 19.6 Å². The Bertz CT molecular complexity index is 676. The van der Waals surface area contributed by atoms with Gasteiger partial charge in [-0.25, -0.2) is 4.39 Å². The summed E-state index contributed by atoms with van der Waals surface area (Å²) in [4.78, 5) is 6.63.